The Bertz CT molecular complexity index is 419. The summed E-state index contributed by atoms with van der Waals surface area (Å²) in [6.07, 6.45) is 4.96. The fraction of sp³-hybridized carbons (Fsp3) is 0.857. The van der Waals surface area contributed by atoms with Gasteiger partial charge in [0, 0.05) is 6.04 Å². The zero-order valence-electron chi connectivity index (χ0n) is 11.8. The fourth-order valence-corrected chi connectivity index (χ4v) is 3.90. The van der Waals surface area contributed by atoms with E-state index in [1.54, 1.807) is 4.90 Å². The second-order valence-electron chi connectivity index (χ2n) is 6.72. The molecule has 1 heterocycles. The second kappa shape index (κ2) is 4.91. The number of carbonyl (C=O) groups excluding carboxylic acids is 1. The van der Waals surface area contributed by atoms with E-state index in [1.807, 2.05) is 6.92 Å². The van der Waals surface area contributed by atoms with Gasteiger partial charge in [0.15, 0.2) is 0 Å². The van der Waals surface area contributed by atoms with E-state index in [0.29, 0.717) is 25.0 Å². The van der Waals surface area contributed by atoms with Gasteiger partial charge < -0.3 is 20.1 Å². The molecular formula is C14H22N2O4. The van der Waals surface area contributed by atoms with E-state index in [0.717, 1.165) is 12.3 Å². The number of carboxylic acid groups (broad SMARTS) is 1. The highest BCUT2D eigenvalue weighted by Gasteiger charge is 2.45. The summed E-state index contributed by atoms with van der Waals surface area (Å²) < 4.78 is 5.31. The molecule has 3 fully saturated rings. The van der Waals surface area contributed by atoms with Crippen molar-refractivity contribution >= 4 is 12.0 Å². The monoisotopic (exact) mass is 282 g/mol. The Balaban J connectivity index is 1.43. The topological polar surface area (TPSA) is 78.9 Å². The maximum Gasteiger partial charge on any atom is 0.329 e. The van der Waals surface area contributed by atoms with Crippen LogP contribution >= 0.6 is 0 Å². The predicted octanol–water partition coefficient (Wildman–Crippen LogP) is 1.06. The van der Waals surface area contributed by atoms with Crippen LogP contribution in [0.1, 0.15) is 32.6 Å². The first-order valence-electron chi connectivity index (χ1n) is 7.36. The van der Waals surface area contributed by atoms with Gasteiger partial charge in [0.2, 0.25) is 0 Å². The third kappa shape index (κ3) is 2.61. The summed E-state index contributed by atoms with van der Waals surface area (Å²) >= 11 is 0. The van der Waals surface area contributed by atoms with Gasteiger partial charge >= 0.3 is 12.0 Å². The van der Waals surface area contributed by atoms with E-state index in [1.165, 1.54) is 19.3 Å². The van der Waals surface area contributed by atoms with Gasteiger partial charge in [-0.2, -0.15) is 0 Å². The first-order chi connectivity index (χ1) is 9.45. The zero-order chi connectivity index (χ0) is 14.3. The Morgan fingerprint density at radius 3 is 2.65 bits per heavy atom. The molecule has 2 aliphatic carbocycles. The van der Waals surface area contributed by atoms with Gasteiger partial charge in [-0.15, -0.1) is 0 Å². The molecule has 1 aliphatic heterocycles. The van der Waals surface area contributed by atoms with Crippen LogP contribution in [0.3, 0.4) is 0 Å². The van der Waals surface area contributed by atoms with Gasteiger partial charge in [-0.3, -0.25) is 0 Å². The normalized spacial score (nSPS) is 33.9. The van der Waals surface area contributed by atoms with Gasteiger partial charge in [-0.25, -0.2) is 9.59 Å². The number of carboxylic acids is 1. The average molecular weight is 282 g/mol. The number of urea groups is 1. The fourth-order valence-electron chi connectivity index (χ4n) is 3.90. The van der Waals surface area contributed by atoms with Crippen LogP contribution in [-0.2, 0) is 9.53 Å². The van der Waals surface area contributed by atoms with Gasteiger partial charge in [0.1, 0.15) is 12.2 Å². The van der Waals surface area contributed by atoms with Crippen LogP contribution in [0.4, 0.5) is 4.79 Å². The first-order valence-corrected chi connectivity index (χ1v) is 7.36. The molecule has 6 heteroatoms. The minimum atomic E-state index is -0.976. The molecule has 2 N–H and O–H groups in total. The summed E-state index contributed by atoms with van der Waals surface area (Å²) in [7, 11) is 0. The van der Waals surface area contributed by atoms with E-state index in [9.17, 15) is 9.59 Å². The smallest absolute Gasteiger partial charge is 0.329 e. The first kappa shape index (κ1) is 13.7. The van der Waals surface area contributed by atoms with Gasteiger partial charge in [0.05, 0.1) is 13.1 Å². The molecule has 3 unspecified atom stereocenters. The summed E-state index contributed by atoms with van der Waals surface area (Å²) in [4.78, 5) is 24.3. The van der Waals surface area contributed by atoms with E-state index >= 15 is 0 Å². The number of ether oxygens (including phenoxy) is 1. The summed E-state index contributed by atoms with van der Waals surface area (Å²) in [5, 5.41) is 11.7. The van der Waals surface area contributed by atoms with Crippen LogP contribution < -0.4 is 5.32 Å². The number of aliphatic carboxylic acids is 1. The lowest BCUT2D eigenvalue weighted by molar-refractivity contribution is -0.159. The zero-order valence-corrected chi connectivity index (χ0v) is 11.8. The van der Waals surface area contributed by atoms with Crippen LogP contribution in [0.15, 0.2) is 0 Å². The Morgan fingerprint density at radius 2 is 2.10 bits per heavy atom. The number of amides is 2. The quantitative estimate of drug-likeness (QED) is 0.808. The van der Waals surface area contributed by atoms with E-state index in [-0.39, 0.29) is 12.6 Å². The SMILES string of the molecule is CC1(OCC(=O)O)CN(C(=O)NC2CC3CCC2C3)C1. The highest BCUT2D eigenvalue weighted by Crippen LogP contribution is 2.44. The number of nitrogens with zero attached hydrogens (tertiary/aromatic N) is 1. The molecule has 1 saturated heterocycles. The third-order valence-corrected chi connectivity index (χ3v) is 4.93. The molecule has 6 nitrogen and oxygen atoms in total. The van der Waals surface area contributed by atoms with Crippen LogP contribution in [0.25, 0.3) is 0 Å². The van der Waals surface area contributed by atoms with Crippen LogP contribution in [0, 0.1) is 11.8 Å². The summed E-state index contributed by atoms with van der Waals surface area (Å²) in [6.45, 7) is 2.47. The van der Waals surface area contributed by atoms with E-state index in [4.69, 9.17) is 9.84 Å². The molecule has 0 radical (unpaired) electrons. The Morgan fingerprint density at radius 1 is 1.35 bits per heavy atom. The van der Waals surface area contributed by atoms with Gasteiger partial charge in [0.25, 0.3) is 0 Å². The summed E-state index contributed by atoms with van der Waals surface area (Å²) in [5.74, 6) is 0.502. The van der Waals surface area contributed by atoms with Crippen molar-refractivity contribution in [2.24, 2.45) is 11.8 Å². The Labute approximate surface area is 118 Å². The van der Waals surface area contributed by atoms with Crippen molar-refractivity contribution in [1.82, 2.24) is 10.2 Å². The molecular weight excluding hydrogens is 260 g/mol. The standard InChI is InChI=1S/C14H22N2O4/c1-14(20-6-12(17)18)7-16(8-14)13(19)15-11-5-9-2-3-10(11)4-9/h9-11H,2-8H2,1H3,(H,15,19)(H,17,18). The number of hydrogen-bond donors (Lipinski definition) is 2. The highest BCUT2D eigenvalue weighted by molar-refractivity contribution is 5.76. The Kier molecular flexibility index (Phi) is 3.36. The number of hydrogen-bond acceptors (Lipinski definition) is 3. The van der Waals surface area contributed by atoms with Crippen LogP contribution in [0.5, 0.6) is 0 Å². The molecule has 0 spiro atoms. The van der Waals surface area contributed by atoms with E-state index in [2.05, 4.69) is 5.32 Å². The maximum absolute atomic E-state index is 12.1. The molecule has 2 bridgehead atoms. The van der Waals surface area contributed by atoms with Crippen molar-refractivity contribution in [2.75, 3.05) is 19.7 Å². The summed E-state index contributed by atoms with van der Waals surface area (Å²) in [5.41, 5.74) is -0.510. The largest absolute Gasteiger partial charge is 0.480 e. The van der Waals surface area contributed by atoms with Crippen molar-refractivity contribution in [1.29, 1.82) is 0 Å². The average Bonchev–Trinajstić information content (AvgIpc) is 2.95. The predicted molar refractivity (Wildman–Crippen MR) is 71.3 cm³/mol. The third-order valence-electron chi connectivity index (χ3n) is 4.93. The molecule has 2 amide bonds. The van der Waals surface area contributed by atoms with Crippen LogP contribution in [0.2, 0.25) is 0 Å². The van der Waals surface area contributed by atoms with Crippen molar-refractivity contribution < 1.29 is 19.4 Å². The molecule has 3 rings (SSSR count). The summed E-state index contributed by atoms with van der Waals surface area (Å²) in [6, 6.07) is 0.312. The lowest BCUT2D eigenvalue weighted by atomic mass is 9.94. The second-order valence-corrected chi connectivity index (χ2v) is 6.72. The molecule has 0 aromatic rings. The molecule has 0 aromatic carbocycles. The lowest BCUT2D eigenvalue weighted by Crippen LogP contribution is -2.66. The van der Waals surface area contributed by atoms with Crippen molar-refractivity contribution in [2.45, 2.75) is 44.2 Å². The van der Waals surface area contributed by atoms with Crippen LogP contribution in [-0.4, -0.2) is 53.3 Å². The van der Waals surface area contributed by atoms with Crippen molar-refractivity contribution in [3.05, 3.63) is 0 Å². The Hall–Kier alpha value is -1.30. The lowest BCUT2D eigenvalue weighted by Gasteiger charge is -2.47. The number of nitrogens with one attached hydrogen (secondary N) is 1. The molecule has 20 heavy (non-hydrogen) atoms. The molecule has 112 valence electrons. The molecule has 2 saturated carbocycles. The number of carbonyl (C=O) groups is 2. The number of rotatable bonds is 4. The number of likely N-dealkylation sites (tertiary alicyclic amines) is 1. The highest BCUT2D eigenvalue weighted by atomic mass is 16.5. The molecule has 0 aromatic heterocycles. The van der Waals surface area contributed by atoms with Gasteiger partial charge in [-0.05, 0) is 38.0 Å². The minimum absolute atomic E-state index is 0.0287. The van der Waals surface area contributed by atoms with E-state index < -0.39 is 11.6 Å². The van der Waals surface area contributed by atoms with Crippen molar-refractivity contribution in [3.8, 4) is 0 Å². The molecule has 3 aliphatic rings. The molecule has 3 atom stereocenters. The van der Waals surface area contributed by atoms with Gasteiger partial charge in [-0.1, -0.05) is 6.42 Å². The number of fused-ring (bicyclic) bond motifs is 2. The maximum atomic E-state index is 12.1. The van der Waals surface area contributed by atoms with Crippen molar-refractivity contribution in [3.63, 3.8) is 0 Å². The minimum Gasteiger partial charge on any atom is -0.480 e.